The molecule has 1 fully saturated rings. The van der Waals surface area contributed by atoms with E-state index < -0.39 is 6.04 Å². The molecule has 0 spiro atoms. The Kier molecular flexibility index (Phi) is 5.56. The third-order valence-corrected chi connectivity index (χ3v) is 4.87. The number of ether oxygens (including phenoxy) is 2. The highest BCUT2D eigenvalue weighted by atomic mass is 35.5. The molecule has 2 aromatic carbocycles. The molecule has 1 atom stereocenters. The van der Waals surface area contributed by atoms with Crippen molar-refractivity contribution < 1.29 is 19.1 Å². The van der Waals surface area contributed by atoms with Crippen LogP contribution >= 0.6 is 11.6 Å². The second-order valence-corrected chi connectivity index (χ2v) is 6.68. The van der Waals surface area contributed by atoms with Crippen LogP contribution in [-0.2, 0) is 4.79 Å². The normalized spacial score (nSPS) is 17.0. The van der Waals surface area contributed by atoms with Gasteiger partial charge in [0.25, 0.3) is 5.91 Å². The van der Waals surface area contributed by atoms with Gasteiger partial charge in [0.1, 0.15) is 17.5 Å². The molecule has 1 saturated heterocycles. The lowest BCUT2D eigenvalue weighted by molar-refractivity contribution is -0.124. The van der Waals surface area contributed by atoms with Crippen molar-refractivity contribution in [1.82, 2.24) is 4.90 Å². The summed E-state index contributed by atoms with van der Waals surface area (Å²) in [5.74, 6) is 0.831. The monoisotopic (exact) mass is 388 g/mol. The Balaban J connectivity index is 1.83. The molecule has 27 heavy (non-hydrogen) atoms. The molecule has 2 aromatic rings. The number of halogens is 1. The van der Waals surface area contributed by atoms with E-state index in [0.29, 0.717) is 40.9 Å². The van der Waals surface area contributed by atoms with Gasteiger partial charge in [-0.3, -0.25) is 9.59 Å². The van der Waals surface area contributed by atoms with Crippen molar-refractivity contribution in [3.05, 3.63) is 53.1 Å². The lowest BCUT2D eigenvalue weighted by Crippen LogP contribution is -2.57. The standard InChI is InChI=1S/C20H21ClN2O4/c1-13-19(24)23(16-10-17(26-2)12-18(11-16)27-3)8-7-22(13)20(25)14-5-4-6-15(21)9-14/h4-6,9-13H,7-8H2,1-3H3. The summed E-state index contributed by atoms with van der Waals surface area (Å²) < 4.78 is 10.6. The van der Waals surface area contributed by atoms with Crippen molar-refractivity contribution in [2.45, 2.75) is 13.0 Å². The molecular weight excluding hydrogens is 368 g/mol. The van der Waals surface area contributed by atoms with Crippen molar-refractivity contribution in [2.24, 2.45) is 0 Å². The van der Waals surface area contributed by atoms with Crippen LogP contribution < -0.4 is 14.4 Å². The van der Waals surface area contributed by atoms with E-state index in [9.17, 15) is 9.59 Å². The summed E-state index contributed by atoms with van der Waals surface area (Å²) in [4.78, 5) is 29.0. The summed E-state index contributed by atoms with van der Waals surface area (Å²) in [5.41, 5.74) is 1.15. The molecule has 0 saturated carbocycles. The highest BCUT2D eigenvalue weighted by molar-refractivity contribution is 6.31. The minimum Gasteiger partial charge on any atom is -0.497 e. The van der Waals surface area contributed by atoms with Gasteiger partial charge in [-0.05, 0) is 25.1 Å². The molecule has 6 nitrogen and oxygen atoms in total. The topological polar surface area (TPSA) is 59.1 Å². The van der Waals surface area contributed by atoms with Crippen molar-refractivity contribution in [2.75, 3.05) is 32.2 Å². The molecule has 3 rings (SSSR count). The van der Waals surface area contributed by atoms with Gasteiger partial charge >= 0.3 is 0 Å². The van der Waals surface area contributed by atoms with Gasteiger partial charge in [-0.2, -0.15) is 0 Å². The average molecular weight is 389 g/mol. The predicted octanol–water partition coefficient (Wildman–Crippen LogP) is 3.23. The van der Waals surface area contributed by atoms with Crippen LogP contribution in [0.3, 0.4) is 0 Å². The molecule has 0 radical (unpaired) electrons. The number of rotatable bonds is 4. The van der Waals surface area contributed by atoms with E-state index in [1.54, 1.807) is 73.4 Å². The lowest BCUT2D eigenvalue weighted by Gasteiger charge is -2.39. The smallest absolute Gasteiger partial charge is 0.254 e. The van der Waals surface area contributed by atoms with Crippen molar-refractivity contribution in [3.8, 4) is 11.5 Å². The Labute approximate surface area is 163 Å². The van der Waals surface area contributed by atoms with Crippen LogP contribution in [0, 0.1) is 0 Å². The van der Waals surface area contributed by atoms with Crippen LogP contribution in [0.1, 0.15) is 17.3 Å². The molecule has 7 heteroatoms. The van der Waals surface area contributed by atoms with Crippen LogP contribution in [0.25, 0.3) is 0 Å². The van der Waals surface area contributed by atoms with Gasteiger partial charge in [0.15, 0.2) is 0 Å². The molecule has 0 aromatic heterocycles. The average Bonchev–Trinajstić information content (AvgIpc) is 2.69. The number of anilines is 1. The van der Waals surface area contributed by atoms with Gasteiger partial charge in [0.2, 0.25) is 5.91 Å². The van der Waals surface area contributed by atoms with Crippen molar-refractivity contribution in [1.29, 1.82) is 0 Å². The van der Waals surface area contributed by atoms with E-state index in [1.807, 2.05) is 0 Å². The largest absolute Gasteiger partial charge is 0.497 e. The number of carbonyl (C=O) groups is 2. The third kappa shape index (κ3) is 3.85. The molecule has 1 aliphatic rings. The number of methoxy groups -OCH3 is 2. The quantitative estimate of drug-likeness (QED) is 0.806. The molecule has 0 N–H and O–H groups in total. The molecular formula is C20H21ClN2O4. The van der Waals surface area contributed by atoms with E-state index in [1.165, 1.54) is 0 Å². The first-order chi connectivity index (χ1) is 12.9. The predicted molar refractivity (Wildman–Crippen MR) is 104 cm³/mol. The summed E-state index contributed by atoms with van der Waals surface area (Å²) in [7, 11) is 3.12. The molecule has 142 valence electrons. The maximum Gasteiger partial charge on any atom is 0.254 e. The molecule has 0 bridgehead atoms. The Bertz CT molecular complexity index is 849. The first-order valence-corrected chi connectivity index (χ1v) is 8.93. The Hall–Kier alpha value is -2.73. The van der Waals surface area contributed by atoms with Gasteiger partial charge in [-0.25, -0.2) is 0 Å². The number of carbonyl (C=O) groups excluding carboxylic acids is 2. The zero-order valence-corrected chi connectivity index (χ0v) is 16.2. The Morgan fingerprint density at radius 2 is 1.74 bits per heavy atom. The Morgan fingerprint density at radius 1 is 1.07 bits per heavy atom. The summed E-state index contributed by atoms with van der Waals surface area (Å²) in [6.45, 7) is 2.53. The van der Waals surface area contributed by atoms with E-state index in [2.05, 4.69) is 0 Å². The molecule has 2 amide bonds. The minimum absolute atomic E-state index is 0.160. The number of hydrogen-bond donors (Lipinski definition) is 0. The molecule has 1 unspecified atom stereocenters. The molecule has 1 aliphatic heterocycles. The van der Waals surface area contributed by atoms with Crippen LogP contribution in [0.4, 0.5) is 5.69 Å². The molecule has 1 heterocycles. The highest BCUT2D eigenvalue weighted by Gasteiger charge is 2.35. The summed E-state index contributed by atoms with van der Waals surface area (Å²) in [5, 5.41) is 0.488. The number of hydrogen-bond acceptors (Lipinski definition) is 4. The summed E-state index contributed by atoms with van der Waals surface area (Å²) in [6.07, 6.45) is 0. The third-order valence-electron chi connectivity index (χ3n) is 4.64. The SMILES string of the molecule is COc1cc(OC)cc(N2CCN(C(=O)c3cccc(Cl)c3)C(C)C2=O)c1. The van der Waals surface area contributed by atoms with E-state index in [-0.39, 0.29) is 11.8 Å². The zero-order chi connectivity index (χ0) is 19.6. The first kappa shape index (κ1) is 19.0. The van der Waals surface area contributed by atoms with Crippen LogP contribution in [0.15, 0.2) is 42.5 Å². The van der Waals surface area contributed by atoms with Gasteiger partial charge in [-0.15, -0.1) is 0 Å². The zero-order valence-electron chi connectivity index (χ0n) is 15.4. The second-order valence-electron chi connectivity index (χ2n) is 6.25. The minimum atomic E-state index is -0.595. The van der Waals surface area contributed by atoms with Crippen molar-refractivity contribution in [3.63, 3.8) is 0 Å². The summed E-state index contributed by atoms with van der Waals surface area (Å²) >= 11 is 5.98. The maximum absolute atomic E-state index is 13.0. The van der Waals surface area contributed by atoms with Gasteiger partial charge < -0.3 is 19.3 Å². The van der Waals surface area contributed by atoms with E-state index >= 15 is 0 Å². The van der Waals surface area contributed by atoms with E-state index in [0.717, 1.165) is 0 Å². The summed E-state index contributed by atoms with van der Waals surface area (Å²) in [6, 6.07) is 11.5. The fourth-order valence-corrected chi connectivity index (χ4v) is 3.33. The number of nitrogens with zero attached hydrogens (tertiary/aromatic N) is 2. The Morgan fingerprint density at radius 3 is 2.33 bits per heavy atom. The fourth-order valence-electron chi connectivity index (χ4n) is 3.14. The molecule has 0 aliphatic carbocycles. The van der Waals surface area contributed by atoms with E-state index in [4.69, 9.17) is 21.1 Å². The highest BCUT2D eigenvalue weighted by Crippen LogP contribution is 2.30. The first-order valence-electron chi connectivity index (χ1n) is 8.55. The fraction of sp³-hybridized carbons (Fsp3) is 0.300. The van der Waals surface area contributed by atoms with Crippen molar-refractivity contribution >= 4 is 29.1 Å². The van der Waals surface area contributed by atoms with Gasteiger partial charge in [0.05, 0.1) is 19.9 Å². The number of piperazine rings is 1. The van der Waals surface area contributed by atoms with Gasteiger partial charge in [-0.1, -0.05) is 17.7 Å². The second kappa shape index (κ2) is 7.88. The van der Waals surface area contributed by atoms with Crippen LogP contribution in [-0.4, -0.2) is 50.1 Å². The van der Waals surface area contributed by atoms with Crippen LogP contribution in [0.5, 0.6) is 11.5 Å². The number of benzene rings is 2. The van der Waals surface area contributed by atoms with Gasteiger partial charge in [0, 0.05) is 41.9 Å². The number of amides is 2. The lowest BCUT2D eigenvalue weighted by atomic mass is 10.1. The maximum atomic E-state index is 13.0. The van der Waals surface area contributed by atoms with Crippen LogP contribution in [0.2, 0.25) is 5.02 Å².